The molecule has 2 aromatic carbocycles. The van der Waals surface area contributed by atoms with Gasteiger partial charge in [-0.3, -0.25) is 9.89 Å². The van der Waals surface area contributed by atoms with Crippen molar-refractivity contribution in [2.45, 2.75) is 18.4 Å². The molecular formula is C20H18F2N4O. The highest BCUT2D eigenvalue weighted by Crippen LogP contribution is 2.36. The molecule has 0 saturated heterocycles. The van der Waals surface area contributed by atoms with Crippen molar-refractivity contribution in [2.24, 2.45) is 0 Å². The van der Waals surface area contributed by atoms with Gasteiger partial charge >= 0.3 is 0 Å². The highest BCUT2D eigenvalue weighted by molar-refractivity contribution is 6.02. The molecule has 1 fully saturated rings. The second kappa shape index (κ2) is 6.59. The summed E-state index contributed by atoms with van der Waals surface area (Å²) >= 11 is 0. The highest BCUT2D eigenvalue weighted by Gasteiger charge is 2.48. The zero-order valence-electron chi connectivity index (χ0n) is 14.6. The van der Waals surface area contributed by atoms with Gasteiger partial charge in [-0.25, -0.2) is 8.78 Å². The van der Waals surface area contributed by atoms with E-state index in [1.54, 1.807) is 37.4 Å². The molecule has 1 amide bonds. The number of hydrogen-bond acceptors (Lipinski definition) is 3. The maximum absolute atomic E-state index is 14.4. The Morgan fingerprint density at radius 1 is 1.19 bits per heavy atom. The molecule has 1 saturated carbocycles. The Morgan fingerprint density at radius 2 is 1.93 bits per heavy atom. The molecule has 0 atom stereocenters. The number of carbonyl (C=O) groups is 1. The summed E-state index contributed by atoms with van der Waals surface area (Å²) in [6, 6.07) is 8.94. The largest absolute Gasteiger partial charge is 0.322 e. The van der Waals surface area contributed by atoms with E-state index in [4.69, 9.17) is 0 Å². The Morgan fingerprint density at radius 3 is 2.59 bits per heavy atom. The number of anilines is 1. The van der Waals surface area contributed by atoms with Crippen LogP contribution in [0.3, 0.4) is 0 Å². The third-order valence-electron chi connectivity index (χ3n) is 4.90. The summed E-state index contributed by atoms with van der Waals surface area (Å²) in [4.78, 5) is 12.4. The van der Waals surface area contributed by atoms with Crippen LogP contribution in [0.2, 0.25) is 0 Å². The molecule has 27 heavy (non-hydrogen) atoms. The number of likely N-dealkylation sites (N-methyl/N-ethyl adjacent to an activating group) is 1. The molecular weight excluding hydrogens is 350 g/mol. The Bertz CT molecular complexity index is 1040. The van der Waals surface area contributed by atoms with E-state index in [1.807, 2.05) is 0 Å². The lowest BCUT2D eigenvalue weighted by Crippen LogP contribution is -2.40. The lowest BCUT2D eigenvalue weighted by Gasteiger charge is -2.14. The first-order valence-electron chi connectivity index (χ1n) is 8.62. The Labute approximate surface area is 154 Å². The number of aromatic amines is 1. The van der Waals surface area contributed by atoms with Crippen molar-refractivity contribution in [1.82, 2.24) is 15.5 Å². The van der Waals surface area contributed by atoms with Gasteiger partial charge in [0.05, 0.1) is 22.4 Å². The summed E-state index contributed by atoms with van der Waals surface area (Å²) in [6.45, 7) is 0. The van der Waals surface area contributed by atoms with Gasteiger partial charge in [0.2, 0.25) is 5.91 Å². The number of carbonyl (C=O) groups excluding carboxylic acids is 1. The summed E-state index contributed by atoms with van der Waals surface area (Å²) < 4.78 is 27.3. The van der Waals surface area contributed by atoms with Crippen LogP contribution in [0, 0.1) is 11.6 Å². The summed E-state index contributed by atoms with van der Waals surface area (Å²) in [7, 11) is 1.72. The molecule has 0 unspecified atom stereocenters. The number of H-pyrrole nitrogens is 1. The summed E-state index contributed by atoms with van der Waals surface area (Å²) in [5, 5.41) is 13.3. The van der Waals surface area contributed by atoms with Gasteiger partial charge in [0.25, 0.3) is 0 Å². The van der Waals surface area contributed by atoms with Gasteiger partial charge < -0.3 is 10.6 Å². The van der Waals surface area contributed by atoms with E-state index >= 15 is 0 Å². The number of benzene rings is 2. The summed E-state index contributed by atoms with van der Waals surface area (Å²) in [5.74, 6) is -1.07. The van der Waals surface area contributed by atoms with Gasteiger partial charge in [0.15, 0.2) is 0 Å². The van der Waals surface area contributed by atoms with E-state index in [-0.39, 0.29) is 17.4 Å². The predicted molar refractivity (Wildman–Crippen MR) is 101 cm³/mol. The van der Waals surface area contributed by atoms with Crippen molar-refractivity contribution in [3.63, 3.8) is 0 Å². The molecule has 7 heteroatoms. The fourth-order valence-corrected chi connectivity index (χ4v) is 2.99. The SMILES string of the molecule is CNC1(C(=O)Nc2cc3c(/C=C/c4ccc(F)cc4)n[nH]c3cc2F)CC1. The third kappa shape index (κ3) is 3.33. The van der Waals surface area contributed by atoms with Crippen molar-refractivity contribution < 1.29 is 13.6 Å². The van der Waals surface area contributed by atoms with E-state index in [2.05, 4.69) is 20.8 Å². The van der Waals surface area contributed by atoms with Gasteiger partial charge in [0, 0.05) is 11.5 Å². The Hall–Kier alpha value is -3.06. The number of hydrogen-bond donors (Lipinski definition) is 3. The second-order valence-electron chi connectivity index (χ2n) is 6.66. The molecule has 1 heterocycles. The van der Waals surface area contributed by atoms with Crippen LogP contribution in [0.4, 0.5) is 14.5 Å². The van der Waals surface area contributed by atoms with Crippen molar-refractivity contribution in [1.29, 1.82) is 0 Å². The third-order valence-corrected chi connectivity index (χ3v) is 4.90. The van der Waals surface area contributed by atoms with E-state index in [9.17, 15) is 13.6 Å². The minimum Gasteiger partial charge on any atom is -0.322 e. The zero-order valence-corrected chi connectivity index (χ0v) is 14.6. The summed E-state index contributed by atoms with van der Waals surface area (Å²) in [6.07, 6.45) is 5.01. The molecule has 5 nitrogen and oxygen atoms in total. The monoisotopic (exact) mass is 368 g/mol. The standard InChI is InChI=1S/C20H18F2N4O/c1-23-20(8-9-20)19(27)24-18-10-14-16(25-26-17(14)11-15(18)22)7-4-12-2-5-13(21)6-3-12/h2-7,10-11,23H,8-9H2,1H3,(H,24,27)(H,25,26)/b7-4+. The number of aromatic nitrogens is 2. The lowest BCUT2D eigenvalue weighted by molar-refractivity contribution is -0.119. The highest BCUT2D eigenvalue weighted by atomic mass is 19.1. The smallest absolute Gasteiger partial charge is 0.244 e. The van der Waals surface area contributed by atoms with Crippen molar-refractivity contribution >= 4 is 34.6 Å². The Balaban J connectivity index is 1.63. The summed E-state index contributed by atoms with van der Waals surface area (Å²) in [5.41, 5.74) is 1.46. The predicted octanol–water partition coefficient (Wildman–Crippen LogP) is 3.70. The van der Waals surface area contributed by atoms with E-state index in [1.165, 1.54) is 18.2 Å². The zero-order chi connectivity index (χ0) is 19.0. The first-order chi connectivity index (χ1) is 13.0. The number of nitrogens with one attached hydrogen (secondary N) is 3. The minimum absolute atomic E-state index is 0.117. The van der Waals surface area contributed by atoms with E-state index in [0.717, 1.165) is 18.4 Å². The fourth-order valence-electron chi connectivity index (χ4n) is 2.99. The molecule has 1 aliphatic rings. The molecule has 0 radical (unpaired) electrons. The number of rotatable bonds is 5. The van der Waals surface area contributed by atoms with Crippen LogP contribution >= 0.6 is 0 Å². The normalized spacial score (nSPS) is 15.4. The lowest BCUT2D eigenvalue weighted by atomic mass is 10.1. The molecule has 0 spiro atoms. The molecule has 0 bridgehead atoms. The van der Waals surface area contributed by atoms with Crippen LogP contribution in [0.1, 0.15) is 24.1 Å². The second-order valence-corrected chi connectivity index (χ2v) is 6.66. The van der Waals surface area contributed by atoms with Gasteiger partial charge in [-0.15, -0.1) is 0 Å². The number of halogens is 2. The minimum atomic E-state index is -0.594. The van der Waals surface area contributed by atoms with E-state index < -0.39 is 11.4 Å². The fraction of sp³-hybridized carbons (Fsp3) is 0.200. The number of amides is 1. The Kier molecular flexibility index (Phi) is 4.24. The average molecular weight is 368 g/mol. The van der Waals surface area contributed by atoms with E-state index in [0.29, 0.717) is 16.6 Å². The quantitative estimate of drug-likeness (QED) is 0.643. The molecule has 3 aromatic rings. The average Bonchev–Trinajstić information content (AvgIpc) is 3.38. The van der Waals surface area contributed by atoms with Crippen LogP contribution < -0.4 is 10.6 Å². The molecule has 1 aliphatic carbocycles. The maximum Gasteiger partial charge on any atom is 0.244 e. The molecule has 3 N–H and O–H groups in total. The van der Waals surface area contributed by atoms with Crippen LogP contribution in [-0.2, 0) is 4.79 Å². The first kappa shape index (κ1) is 17.4. The van der Waals surface area contributed by atoms with Crippen molar-refractivity contribution in [3.05, 3.63) is 59.3 Å². The van der Waals surface area contributed by atoms with Gasteiger partial charge in [0.1, 0.15) is 11.6 Å². The molecule has 4 rings (SSSR count). The molecule has 138 valence electrons. The van der Waals surface area contributed by atoms with Gasteiger partial charge in [-0.1, -0.05) is 18.2 Å². The van der Waals surface area contributed by atoms with Crippen LogP contribution in [0.5, 0.6) is 0 Å². The molecule has 0 aliphatic heterocycles. The van der Waals surface area contributed by atoms with Crippen LogP contribution in [0.25, 0.3) is 23.1 Å². The molecule has 1 aromatic heterocycles. The van der Waals surface area contributed by atoms with Crippen molar-refractivity contribution in [3.8, 4) is 0 Å². The topological polar surface area (TPSA) is 69.8 Å². The van der Waals surface area contributed by atoms with Crippen LogP contribution in [0.15, 0.2) is 36.4 Å². The first-order valence-corrected chi connectivity index (χ1v) is 8.62. The number of fused-ring (bicyclic) bond motifs is 1. The van der Waals surface area contributed by atoms with Gasteiger partial charge in [-0.05, 0) is 49.7 Å². The van der Waals surface area contributed by atoms with Crippen molar-refractivity contribution in [2.75, 3.05) is 12.4 Å². The van der Waals surface area contributed by atoms with Gasteiger partial charge in [-0.2, -0.15) is 5.10 Å². The maximum atomic E-state index is 14.4. The van der Waals surface area contributed by atoms with Crippen LogP contribution in [-0.4, -0.2) is 28.7 Å². The number of nitrogens with zero attached hydrogens (tertiary/aromatic N) is 1.